The molecule has 0 spiro atoms. The van der Waals surface area contributed by atoms with E-state index in [0.717, 1.165) is 0 Å². The summed E-state index contributed by atoms with van der Waals surface area (Å²) in [6.45, 7) is 0. The van der Waals surface area contributed by atoms with Gasteiger partial charge in [-0.25, -0.2) is 0 Å². The molecule has 0 saturated carbocycles. The summed E-state index contributed by atoms with van der Waals surface area (Å²) >= 11 is 0. The van der Waals surface area contributed by atoms with Gasteiger partial charge in [0.25, 0.3) is 0 Å². The Morgan fingerprint density at radius 2 is 1.00 bits per heavy atom. The molecule has 0 aromatic carbocycles. The Morgan fingerprint density at radius 1 is 1.00 bits per heavy atom. The summed E-state index contributed by atoms with van der Waals surface area (Å²) in [6, 6.07) is 0. The minimum Gasteiger partial charge on any atom is 0 e. The van der Waals surface area contributed by atoms with Gasteiger partial charge in [0, 0.05) is 65.7 Å². The maximum absolute atomic E-state index is 0. The van der Waals surface area contributed by atoms with Gasteiger partial charge in [-0.1, -0.05) is 0 Å². The molecule has 0 N–H and O–H groups in total. The minimum atomic E-state index is 0. The van der Waals surface area contributed by atoms with E-state index in [9.17, 15) is 0 Å². The van der Waals surface area contributed by atoms with Crippen LogP contribution in [0.15, 0.2) is 0 Å². The van der Waals surface area contributed by atoms with Gasteiger partial charge in [0.05, 0.1) is 0 Å². The van der Waals surface area contributed by atoms with Gasteiger partial charge in [-0.3, -0.25) is 0 Å². The van der Waals surface area contributed by atoms with Crippen molar-refractivity contribution in [3.63, 3.8) is 0 Å². The van der Waals surface area contributed by atoms with Crippen molar-refractivity contribution in [2.75, 3.05) is 0 Å². The van der Waals surface area contributed by atoms with Crippen LogP contribution < -0.4 is 0 Å². The molecule has 2 radical (unpaired) electrons. The van der Waals surface area contributed by atoms with Crippen LogP contribution in [0.2, 0.25) is 0 Å². The van der Waals surface area contributed by atoms with Crippen LogP contribution in [0.25, 0.3) is 0 Å². The van der Waals surface area contributed by atoms with E-state index < -0.39 is 0 Å². The van der Waals surface area contributed by atoms with Gasteiger partial charge >= 0.3 is 0 Å². The van der Waals surface area contributed by atoms with Crippen molar-refractivity contribution in [1.29, 1.82) is 0 Å². The fourth-order valence-electron chi connectivity index (χ4n) is 0. The van der Waals surface area contributed by atoms with Crippen molar-refractivity contribution in [3.8, 4) is 0 Å². The summed E-state index contributed by atoms with van der Waals surface area (Å²) in [7, 11) is 0. The molecule has 0 amide bonds. The summed E-state index contributed by atoms with van der Waals surface area (Å²) < 4.78 is 0. The van der Waals surface area contributed by atoms with E-state index in [0.29, 0.717) is 0 Å². The number of hydrogen-bond donors (Lipinski definition) is 0. The van der Waals surface area contributed by atoms with Crippen LogP contribution in [0.5, 0.6) is 0 Å². The van der Waals surface area contributed by atoms with Crippen LogP contribution >= 0.6 is 0 Å². The average Bonchev–Trinajstić information content (AvgIpc) is 0. The molecule has 0 rings (SSSR count). The zero-order chi connectivity index (χ0) is 0. The summed E-state index contributed by atoms with van der Waals surface area (Å²) in [5.74, 6) is 0. The van der Waals surface area contributed by atoms with E-state index in [1.54, 1.807) is 0 Å². The Labute approximate surface area is 81.7 Å². The first kappa shape index (κ1) is 30.0. The number of hydrogen-bond acceptors (Lipinski definition) is 0. The third-order valence-electron chi connectivity index (χ3n) is 0. The fourth-order valence-corrected chi connectivity index (χ4v) is 0. The van der Waals surface area contributed by atoms with E-state index in [-0.39, 0.29) is 83.0 Å². The Bertz CT molecular complexity index is 8.00. The standard InChI is InChI=1S/Ag.Al.Cu.Zr.3H. The van der Waals surface area contributed by atoms with Crippen molar-refractivity contribution in [2.45, 2.75) is 0 Å². The van der Waals surface area contributed by atoms with Crippen LogP contribution in [0, 0.1) is 0 Å². The average molecular weight is 293 g/mol. The first-order valence-corrected chi connectivity index (χ1v) is 0. The SMILES string of the molecule is [Ag].[AlH3].[Cu].[Zr]. The van der Waals surface area contributed by atoms with E-state index >= 15 is 0 Å². The van der Waals surface area contributed by atoms with Gasteiger partial charge in [-0.05, 0) is 0 Å². The minimum absolute atomic E-state index is 0. The molecule has 0 aliphatic rings. The normalized spacial score (nSPS) is 0. The monoisotopic (exact) mass is 290 g/mol. The van der Waals surface area contributed by atoms with Gasteiger partial charge < -0.3 is 0 Å². The molecule has 0 nitrogen and oxygen atoms in total. The van der Waals surface area contributed by atoms with Crippen LogP contribution in [-0.2, 0) is 65.7 Å². The van der Waals surface area contributed by atoms with Gasteiger partial charge in [0.15, 0.2) is 17.4 Å². The third kappa shape index (κ3) is 8.82. The molecule has 0 unspecified atom stereocenters. The molecule has 0 fully saturated rings. The Balaban J connectivity index is 0. The zero-order valence-electron chi connectivity index (χ0n) is 1.10. The molecule has 0 atom stereocenters. The molecule has 4 heavy (non-hydrogen) atoms. The van der Waals surface area contributed by atoms with Crippen molar-refractivity contribution >= 4 is 17.4 Å². The van der Waals surface area contributed by atoms with E-state index in [1.165, 1.54) is 0 Å². The van der Waals surface area contributed by atoms with Crippen LogP contribution in [0.3, 0.4) is 0 Å². The molecule has 0 aromatic heterocycles. The van der Waals surface area contributed by atoms with Crippen molar-refractivity contribution < 1.29 is 65.7 Å². The zero-order valence-corrected chi connectivity index (χ0v) is 5.98. The van der Waals surface area contributed by atoms with Gasteiger partial charge in [0.2, 0.25) is 0 Å². The molecular weight excluding hydrogens is 290 g/mol. The van der Waals surface area contributed by atoms with E-state index in [4.69, 9.17) is 0 Å². The summed E-state index contributed by atoms with van der Waals surface area (Å²) in [6.07, 6.45) is 0. The molecule has 0 aliphatic carbocycles. The van der Waals surface area contributed by atoms with Crippen molar-refractivity contribution in [2.24, 2.45) is 0 Å². The second kappa shape index (κ2) is 17.3. The second-order valence-electron chi connectivity index (χ2n) is 0. The summed E-state index contributed by atoms with van der Waals surface area (Å²) in [5, 5.41) is 0. The first-order valence-electron chi connectivity index (χ1n) is 0. The van der Waals surface area contributed by atoms with Crippen LogP contribution in [0.4, 0.5) is 0 Å². The Kier molecular flexibility index (Phi) is 130. The molecule has 0 saturated heterocycles. The van der Waals surface area contributed by atoms with Gasteiger partial charge in [0.1, 0.15) is 0 Å². The fraction of sp³-hybridized carbons (Fsp3) is 0. The quantitative estimate of drug-likeness (QED) is 0.493. The molecular formula is H3AgAlCuZr. The Morgan fingerprint density at radius 3 is 1.00 bits per heavy atom. The molecule has 4 heteroatoms. The predicted molar refractivity (Wildman–Crippen MR) is 9.94 cm³/mol. The van der Waals surface area contributed by atoms with E-state index in [1.807, 2.05) is 0 Å². The first-order chi connectivity index (χ1) is 0. The Hall–Kier alpha value is 2.68. The molecule has 0 heterocycles. The molecule has 32 valence electrons. The molecule has 0 aliphatic heterocycles. The largest absolute Gasteiger partial charge is 0.187 e. The smallest absolute Gasteiger partial charge is 0 e. The summed E-state index contributed by atoms with van der Waals surface area (Å²) in [5.41, 5.74) is 0. The third-order valence-corrected chi connectivity index (χ3v) is 0. The van der Waals surface area contributed by atoms with E-state index in [2.05, 4.69) is 0 Å². The molecule has 0 bridgehead atoms. The van der Waals surface area contributed by atoms with Crippen LogP contribution in [0.1, 0.15) is 0 Å². The molecule has 0 aromatic rings. The maximum atomic E-state index is 0. The predicted octanol–water partition coefficient (Wildman–Crippen LogP) is -1.19. The number of rotatable bonds is 0. The summed E-state index contributed by atoms with van der Waals surface area (Å²) in [4.78, 5) is 0. The van der Waals surface area contributed by atoms with Crippen LogP contribution in [-0.4, -0.2) is 17.4 Å². The van der Waals surface area contributed by atoms with Gasteiger partial charge in [-0.2, -0.15) is 0 Å². The topological polar surface area (TPSA) is 0 Å². The second-order valence-corrected chi connectivity index (χ2v) is 0. The van der Waals surface area contributed by atoms with Gasteiger partial charge in [-0.15, -0.1) is 0 Å². The maximum Gasteiger partial charge on any atom is 0.187 e. The van der Waals surface area contributed by atoms with Crippen molar-refractivity contribution in [3.05, 3.63) is 0 Å². The van der Waals surface area contributed by atoms with Crippen molar-refractivity contribution in [1.82, 2.24) is 0 Å².